The molecule has 0 unspecified atom stereocenters. The van der Waals surface area contributed by atoms with Crippen LogP contribution in [-0.2, 0) is 6.54 Å². The number of benzene rings is 2. The van der Waals surface area contributed by atoms with Gasteiger partial charge in [-0.05, 0) is 48.4 Å². The van der Waals surface area contributed by atoms with E-state index in [9.17, 15) is 0 Å². The molecule has 0 aliphatic rings. The van der Waals surface area contributed by atoms with Crippen LogP contribution in [0.1, 0.15) is 16.7 Å². The van der Waals surface area contributed by atoms with Crippen LogP contribution in [0.3, 0.4) is 0 Å². The largest absolute Gasteiger partial charge is 0.399 e. The Hall–Kier alpha value is -2.00. The number of nitrogens with two attached hydrogens (primary N) is 2. The molecule has 2 aromatic carbocycles. The molecule has 0 aliphatic heterocycles. The zero-order valence-corrected chi connectivity index (χ0v) is 11.5. The summed E-state index contributed by atoms with van der Waals surface area (Å²) in [6.45, 7) is 2.50. The van der Waals surface area contributed by atoms with E-state index in [-0.39, 0.29) is 0 Å². The van der Waals surface area contributed by atoms with Crippen LogP contribution in [0.15, 0.2) is 47.5 Å². The van der Waals surface area contributed by atoms with Crippen molar-refractivity contribution in [2.75, 3.05) is 5.73 Å². The molecule has 4 N–H and O–H groups in total. The molecule has 2 rings (SSSR count). The molecule has 4 heteroatoms. The van der Waals surface area contributed by atoms with Gasteiger partial charge in [-0.25, -0.2) is 0 Å². The maximum Gasteiger partial charge on any atom is 0.126 e. The maximum absolute atomic E-state index is 6.01. The maximum atomic E-state index is 6.01. The summed E-state index contributed by atoms with van der Waals surface area (Å²) in [5.41, 5.74) is 15.5. The van der Waals surface area contributed by atoms with Crippen LogP contribution in [-0.4, -0.2) is 5.84 Å². The first-order chi connectivity index (χ1) is 9.06. The molecule has 0 amide bonds. The Kier molecular flexibility index (Phi) is 4.07. The molecule has 0 spiro atoms. The smallest absolute Gasteiger partial charge is 0.126 e. The van der Waals surface area contributed by atoms with E-state index in [1.54, 1.807) is 0 Å². The van der Waals surface area contributed by atoms with E-state index in [0.717, 1.165) is 27.4 Å². The summed E-state index contributed by atoms with van der Waals surface area (Å²) in [7, 11) is 0. The third-order valence-electron chi connectivity index (χ3n) is 2.87. The van der Waals surface area contributed by atoms with Crippen LogP contribution in [0, 0.1) is 6.92 Å². The molecule has 19 heavy (non-hydrogen) atoms. The fourth-order valence-corrected chi connectivity index (χ4v) is 1.95. The first-order valence-electron chi connectivity index (χ1n) is 5.97. The molecule has 0 saturated carbocycles. The van der Waals surface area contributed by atoms with Crippen LogP contribution in [0.4, 0.5) is 5.69 Å². The van der Waals surface area contributed by atoms with Gasteiger partial charge in [0.1, 0.15) is 5.84 Å². The van der Waals surface area contributed by atoms with Crippen LogP contribution in [0.25, 0.3) is 0 Å². The molecular weight excluding hydrogens is 258 g/mol. The summed E-state index contributed by atoms with van der Waals surface area (Å²) in [5.74, 6) is 0.521. The number of amidine groups is 1. The number of nitrogens with zero attached hydrogens (tertiary/aromatic N) is 1. The molecule has 2 aromatic rings. The van der Waals surface area contributed by atoms with Gasteiger partial charge in [-0.15, -0.1) is 0 Å². The molecular formula is C15H16ClN3. The van der Waals surface area contributed by atoms with Gasteiger partial charge in [0, 0.05) is 16.3 Å². The molecule has 0 fully saturated rings. The Balaban J connectivity index is 2.16. The highest BCUT2D eigenvalue weighted by molar-refractivity contribution is 6.30. The normalized spacial score (nSPS) is 11.6. The molecule has 0 aliphatic carbocycles. The van der Waals surface area contributed by atoms with E-state index in [4.69, 9.17) is 23.1 Å². The Morgan fingerprint density at radius 2 is 1.84 bits per heavy atom. The molecule has 0 aromatic heterocycles. The van der Waals surface area contributed by atoms with E-state index >= 15 is 0 Å². The van der Waals surface area contributed by atoms with Gasteiger partial charge in [0.15, 0.2) is 0 Å². The fourth-order valence-electron chi connectivity index (χ4n) is 1.83. The van der Waals surface area contributed by atoms with E-state index in [0.29, 0.717) is 12.4 Å². The van der Waals surface area contributed by atoms with E-state index in [1.165, 1.54) is 0 Å². The van der Waals surface area contributed by atoms with Crippen molar-refractivity contribution in [3.8, 4) is 0 Å². The summed E-state index contributed by atoms with van der Waals surface area (Å²) in [6, 6.07) is 13.2. The van der Waals surface area contributed by atoms with Gasteiger partial charge in [-0.3, -0.25) is 4.99 Å². The SMILES string of the molecule is Cc1cc(N)ccc1C(N)=NCc1ccc(Cl)cc1. The van der Waals surface area contributed by atoms with E-state index < -0.39 is 0 Å². The molecule has 98 valence electrons. The van der Waals surface area contributed by atoms with Crippen molar-refractivity contribution in [2.24, 2.45) is 10.7 Å². The lowest BCUT2D eigenvalue weighted by atomic mass is 10.1. The number of aliphatic imine (C=N–C) groups is 1. The zero-order chi connectivity index (χ0) is 13.8. The van der Waals surface area contributed by atoms with Crippen molar-refractivity contribution < 1.29 is 0 Å². The average molecular weight is 274 g/mol. The van der Waals surface area contributed by atoms with Crippen molar-refractivity contribution in [2.45, 2.75) is 13.5 Å². The predicted octanol–water partition coefficient (Wildman–Crippen LogP) is 3.14. The molecule has 3 nitrogen and oxygen atoms in total. The van der Waals surface area contributed by atoms with Crippen molar-refractivity contribution in [1.29, 1.82) is 0 Å². The first kappa shape index (κ1) is 13.4. The third kappa shape index (κ3) is 3.48. The van der Waals surface area contributed by atoms with E-state index in [2.05, 4.69) is 4.99 Å². The third-order valence-corrected chi connectivity index (χ3v) is 3.12. The Morgan fingerprint density at radius 3 is 2.47 bits per heavy atom. The molecule has 0 heterocycles. The fraction of sp³-hybridized carbons (Fsp3) is 0.133. The van der Waals surface area contributed by atoms with Crippen LogP contribution >= 0.6 is 11.6 Å². The highest BCUT2D eigenvalue weighted by atomic mass is 35.5. The Labute approximate surface area is 117 Å². The lowest BCUT2D eigenvalue weighted by molar-refractivity contribution is 1.06. The molecule has 0 atom stereocenters. The lowest BCUT2D eigenvalue weighted by Gasteiger charge is -2.06. The number of nitrogen functional groups attached to an aromatic ring is 1. The molecule has 0 bridgehead atoms. The van der Waals surface area contributed by atoms with Gasteiger partial charge in [0.25, 0.3) is 0 Å². The predicted molar refractivity (Wildman–Crippen MR) is 81.5 cm³/mol. The summed E-state index contributed by atoms with van der Waals surface area (Å²) in [4.78, 5) is 4.40. The topological polar surface area (TPSA) is 64.4 Å². The number of anilines is 1. The Morgan fingerprint density at radius 1 is 1.16 bits per heavy atom. The highest BCUT2D eigenvalue weighted by Crippen LogP contribution is 2.13. The second-order valence-corrected chi connectivity index (χ2v) is 4.84. The van der Waals surface area contributed by atoms with Gasteiger partial charge in [-0.1, -0.05) is 23.7 Å². The van der Waals surface area contributed by atoms with Gasteiger partial charge >= 0.3 is 0 Å². The van der Waals surface area contributed by atoms with Gasteiger partial charge in [0.05, 0.1) is 6.54 Å². The van der Waals surface area contributed by atoms with Crippen LogP contribution in [0.2, 0.25) is 5.02 Å². The van der Waals surface area contributed by atoms with Crippen LogP contribution < -0.4 is 11.5 Å². The quantitative estimate of drug-likeness (QED) is 0.513. The number of hydrogen-bond acceptors (Lipinski definition) is 2. The van der Waals surface area contributed by atoms with E-state index in [1.807, 2.05) is 49.4 Å². The summed E-state index contributed by atoms with van der Waals surface area (Å²) in [5, 5.41) is 0.718. The minimum absolute atomic E-state index is 0.521. The number of halogens is 1. The van der Waals surface area contributed by atoms with Gasteiger partial charge < -0.3 is 11.5 Å². The minimum Gasteiger partial charge on any atom is -0.399 e. The summed E-state index contributed by atoms with van der Waals surface area (Å²) >= 11 is 5.83. The average Bonchev–Trinajstić information content (AvgIpc) is 2.37. The van der Waals surface area contributed by atoms with Crippen molar-refractivity contribution in [3.05, 3.63) is 64.2 Å². The van der Waals surface area contributed by atoms with Crippen molar-refractivity contribution >= 4 is 23.1 Å². The molecule has 0 radical (unpaired) electrons. The Bertz CT molecular complexity index is 603. The first-order valence-corrected chi connectivity index (χ1v) is 6.35. The number of hydrogen-bond donors (Lipinski definition) is 2. The molecule has 0 saturated heterocycles. The second kappa shape index (κ2) is 5.76. The lowest BCUT2D eigenvalue weighted by Crippen LogP contribution is -2.15. The standard InChI is InChI=1S/C15H16ClN3/c1-10-8-13(17)6-7-14(10)15(18)19-9-11-2-4-12(16)5-3-11/h2-8H,9,17H2,1H3,(H2,18,19). The second-order valence-electron chi connectivity index (χ2n) is 4.40. The van der Waals surface area contributed by atoms with Gasteiger partial charge in [0.2, 0.25) is 0 Å². The van der Waals surface area contributed by atoms with Gasteiger partial charge in [-0.2, -0.15) is 0 Å². The van der Waals surface area contributed by atoms with Crippen molar-refractivity contribution in [3.63, 3.8) is 0 Å². The van der Waals surface area contributed by atoms with Crippen LogP contribution in [0.5, 0.6) is 0 Å². The van der Waals surface area contributed by atoms with Crippen molar-refractivity contribution in [1.82, 2.24) is 0 Å². The summed E-state index contributed by atoms with van der Waals surface area (Å²) in [6.07, 6.45) is 0. The number of aryl methyl sites for hydroxylation is 1. The highest BCUT2D eigenvalue weighted by Gasteiger charge is 2.03. The summed E-state index contributed by atoms with van der Waals surface area (Å²) < 4.78 is 0. The minimum atomic E-state index is 0.521. The zero-order valence-electron chi connectivity index (χ0n) is 10.7. The monoisotopic (exact) mass is 273 g/mol. The number of rotatable bonds is 3.